The minimum Gasteiger partial charge on any atom is -0.376 e. The van der Waals surface area contributed by atoms with Crippen LogP contribution in [0.15, 0.2) is 58.2 Å². The molecular formula is C26H27FN2O9S2. The number of hydrogen-bond acceptors (Lipinski definition) is 10. The van der Waals surface area contributed by atoms with Gasteiger partial charge in [0.25, 0.3) is 15.7 Å². The SMILES string of the molecule is Cc1cc(CCC(=O)c2nc3n(c(=O)c2OS(=O)(=O)c2ccccc2)[C@@H](C)COCC3OS(C)(=O)=O)ccc1F. The summed E-state index contributed by atoms with van der Waals surface area (Å²) in [4.78, 5) is 31.2. The zero-order chi connectivity index (χ0) is 29.2. The fourth-order valence-electron chi connectivity index (χ4n) is 4.21. The molecule has 4 rings (SSSR count). The van der Waals surface area contributed by atoms with Crippen molar-refractivity contribution in [2.45, 2.75) is 43.7 Å². The lowest BCUT2D eigenvalue weighted by molar-refractivity contribution is 0.0546. The highest BCUT2D eigenvalue weighted by Crippen LogP contribution is 2.29. The first-order valence-electron chi connectivity index (χ1n) is 12.2. The van der Waals surface area contributed by atoms with Gasteiger partial charge in [-0.3, -0.25) is 18.3 Å². The number of Topliss-reactive ketones (excluding diaryl/α,β-unsaturated/α-hetero) is 1. The van der Waals surface area contributed by atoms with E-state index in [1.54, 1.807) is 26.0 Å². The quantitative estimate of drug-likeness (QED) is 0.267. The van der Waals surface area contributed by atoms with E-state index >= 15 is 0 Å². The summed E-state index contributed by atoms with van der Waals surface area (Å²) in [5.41, 5.74) is -0.631. The second kappa shape index (κ2) is 11.6. The molecule has 1 aliphatic heterocycles. The Kier molecular flexibility index (Phi) is 8.54. The standard InChI is InChI=1S/C26H27FN2O9S2/c1-16-13-18(9-11-20(16)27)10-12-21(30)23-24(38-40(34,35)19-7-5-4-6-8-19)26(31)29-17(2)14-36-15-22(25(29)28-23)37-39(3,32)33/h4-9,11,13,17,22H,10,12,14-15H2,1-3H3/t17-,22?/m0/s1. The molecule has 11 nitrogen and oxygen atoms in total. The number of fused-ring (bicyclic) bond motifs is 1. The van der Waals surface area contributed by atoms with Gasteiger partial charge in [-0.2, -0.15) is 16.8 Å². The maximum absolute atomic E-state index is 13.8. The third kappa shape index (κ3) is 6.63. The molecule has 1 aliphatic rings. The van der Waals surface area contributed by atoms with Crippen molar-refractivity contribution in [2.24, 2.45) is 0 Å². The van der Waals surface area contributed by atoms with Gasteiger partial charge in [0, 0.05) is 6.42 Å². The predicted molar refractivity (Wildman–Crippen MR) is 141 cm³/mol. The smallest absolute Gasteiger partial charge is 0.339 e. The minimum absolute atomic E-state index is 0.0553. The van der Waals surface area contributed by atoms with Gasteiger partial charge >= 0.3 is 10.1 Å². The van der Waals surface area contributed by atoms with Crippen molar-refractivity contribution in [3.63, 3.8) is 0 Å². The number of aromatic nitrogens is 2. The molecule has 0 saturated heterocycles. The lowest BCUT2D eigenvalue weighted by atomic mass is 10.0. The van der Waals surface area contributed by atoms with E-state index in [1.807, 2.05) is 0 Å². The molecule has 3 aromatic rings. The lowest BCUT2D eigenvalue weighted by Gasteiger charge is -2.21. The number of ether oxygens (including phenoxy) is 1. The van der Waals surface area contributed by atoms with Gasteiger partial charge in [-0.25, -0.2) is 9.37 Å². The average Bonchev–Trinajstić information content (AvgIpc) is 3.03. The molecule has 2 atom stereocenters. The van der Waals surface area contributed by atoms with Crippen LogP contribution in [-0.4, -0.2) is 51.6 Å². The maximum atomic E-state index is 13.8. The number of aryl methyl sites for hydroxylation is 2. The van der Waals surface area contributed by atoms with Gasteiger partial charge in [-0.15, -0.1) is 0 Å². The Morgan fingerprint density at radius 3 is 2.48 bits per heavy atom. The lowest BCUT2D eigenvalue weighted by Crippen LogP contribution is -2.34. The van der Waals surface area contributed by atoms with E-state index in [1.165, 1.54) is 36.4 Å². The average molecular weight is 595 g/mol. The van der Waals surface area contributed by atoms with Crippen LogP contribution < -0.4 is 9.74 Å². The summed E-state index contributed by atoms with van der Waals surface area (Å²) in [6.45, 7) is 2.79. The van der Waals surface area contributed by atoms with Gasteiger partial charge in [0.05, 0.1) is 25.5 Å². The van der Waals surface area contributed by atoms with Crippen molar-refractivity contribution in [3.05, 3.63) is 87.3 Å². The Balaban J connectivity index is 1.84. The molecule has 0 fully saturated rings. The third-order valence-corrected chi connectivity index (χ3v) is 7.92. The first-order chi connectivity index (χ1) is 18.8. The molecular weight excluding hydrogens is 567 g/mol. The second-order valence-electron chi connectivity index (χ2n) is 9.36. The van der Waals surface area contributed by atoms with Crippen molar-refractivity contribution in [3.8, 4) is 5.75 Å². The molecule has 2 heterocycles. The van der Waals surface area contributed by atoms with Crippen LogP contribution in [0.25, 0.3) is 0 Å². The van der Waals surface area contributed by atoms with Gasteiger partial charge < -0.3 is 8.92 Å². The van der Waals surface area contributed by atoms with Crippen LogP contribution >= 0.6 is 0 Å². The molecule has 0 bridgehead atoms. The van der Waals surface area contributed by atoms with Gasteiger partial charge in [0.2, 0.25) is 5.75 Å². The number of hydrogen-bond donors (Lipinski definition) is 0. The van der Waals surface area contributed by atoms with Crippen molar-refractivity contribution in [1.29, 1.82) is 0 Å². The van der Waals surface area contributed by atoms with E-state index in [-0.39, 0.29) is 36.8 Å². The first-order valence-corrected chi connectivity index (χ1v) is 15.4. The van der Waals surface area contributed by atoms with Gasteiger partial charge in [-0.1, -0.05) is 30.3 Å². The van der Waals surface area contributed by atoms with Crippen molar-refractivity contribution in [2.75, 3.05) is 19.5 Å². The highest BCUT2D eigenvalue weighted by Gasteiger charge is 2.35. The summed E-state index contributed by atoms with van der Waals surface area (Å²) in [6.07, 6.45) is -0.705. The fourth-order valence-corrected chi connectivity index (χ4v) is 5.73. The van der Waals surface area contributed by atoms with Crippen LogP contribution in [0.2, 0.25) is 0 Å². The normalized spacial score (nSPS) is 17.6. The molecule has 0 N–H and O–H groups in total. The van der Waals surface area contributed by atoms with Crippen molar-refractivity contribution < 1.29 is 39.1 Å². The summed E-state index contributed by atoms with van der Waals surface area (Å²) in [6, 6.07) is 10.6. The maximum Gasteiger partial charge on any atom is 0.339 e. The topological polar surface area (TPSA) is 148 Å². The molecule has 2 aromatic carbocycles. The van der Waals surface area contributed by atoms with Crippen LogP contribution in [-0.2, 0) is 35.6 Å². The fraction of sp³-hybridized carbons (Fsp3) is 0.346. The number of halogens is 1. The monoisotopic (exact) mass is 594 g/mol. The summed E-state index contributed by atoms with van der Waals surface area (Å²) in [7, 11) is -8.62. The molecule has 0 spiro atoms. The van der Waals surface area contributed by atoms with E-state index in [9.17, 15) is 30.8 Å². The first kappa shape index (κ1) is 29.5. The van der Waals surface area contributed by atoms with E-state index in [0.717, 1.165) is 10.8 Å². The second-order valence-corrected chi connectivity index (χ2v) is 12.5. The van der Waals surface area contributed by atoms with Gasteiger partial charge in [0.1, 0.15) is 16.5 Å². The van der Waals surface area contributed by atoms with Crippen molar-refractivity contribution >= 4 is 26.0 Å². The predicted octanol–water partition coefficient (Wildman–Crippen LogP) is 2.88. The summed E-state index contributed by atoms with van der Waals surface area (Å²) >= 11 is 0. The molecule has 0 aliphatic carbocycles. The number of carbonyl (C=O) groups excluding carboxylic acids is 1. The van der Waals surface area contributed by atoms with Crippen LogP contribution in [0.3, 0.4) is 0 Å². The highest BCUT2D eigenvalue weighted by molar-refractivity contribution is 7.87. The van der Waals surface area contributed by atoms with Crippen LogP contribution in [0.4, 0.5) is 4.39 Å². The van der Waals surface area contributed by atoms with Crippen LogP contribution in [0, 0.1) is 12.7 Å². The Morgan fingerprint density at radius 2 is 1.82 bits per heavy atom. The highest BCUT2D eigenvalue weighted by atomic mass is 32.2. The van der Waals surface area contributed by atoms with Crippen LogP contribution in [0.5, 0.6) is 5.75 Å². The molecule has 40 heavy (non-hydrogen) atoms. The largest absolute Gasteiger partial charge is 0.376 e. The number of nitrogens with zero attached hydrogens (tertiary/aromatic N) is 2. The van der Waals surface area contributed by atoms with Gasteiger partial charge in [-0.05, 0) is 49.6 Å². The van der Waals surface area contributed by atoms with E-state index in [4.69, 9.17) is 13.1 Å². The number of rotatable bonds is 9. The zero-order valence-corrected chi connectivity index (χ0v) is 23.5. The Hall–Kier alpha value is -3.46. The molecule has 0 saturated carbocycles. The molecule has 1 unspecified atom stereocenters. The van der Waals surface area contributed by atoms with Crippen molar-refractivity contribution in [1.82, 2.24) is 9.55 Å². The third-order valence-electron chi connectivity index (χ3n) is 6.10. The Morgan fingerprint density at radius 1 is 1.12 bits per heavy atom. The van der Waals surface area contributed by atoms with E-state index < -0.39 is 61.0 Å². The van der Waals surface area contributed by atoms with E-state index in [2.05, 4.69) is 4.98 Å². The number of ketones is 1. The summed E-state index contributed by atoms with van der Waals surface area (Å²) in [5.74, 6) is -2.23. The molecule has 0 radical (unpaired) electrons. The van der Waals surface area contributed by atoms with Gasteiger partial charge in [0.15, 0.2) is 17.6 Å². The zero-order valence-electron chi connectivity index (χ0n) is 21.9. The summed E-state index contributed by atoms with van der Waals surface area (Å²) in [5, 5.41) is 0. The van der Waals surface area contributed by atoms with E-state index in [0.29, 0.717) is 11.1 Å². The molecule has 0 amide bonds. The Bertz CT molecular complexity index is 1710. The number of benzene rings is 2. The summed E-state index contributed by atoms with van der Waals surface area (Å²) < 4.78 is 80.6. The molecule has 1 aromatic heterocycles. The molecule has 14 heteroatoms. The number of carbonyl (C=O) groups is 1. The van der Waals surface area contributed by atoms with Crippen LogP contribution in [0.1, 0.15) is 52.9 Å². The molecule has 214 valence electrons. The minimum atomic E-state index is -4.57. The Labute approximate surface area is 230 Å².